The maximum Gasteiger partial charge on any atom is 0.219 e. The van der Waals surface area contributed by atoms with Crippen LogP contribution in [0.25, 0.3) is 11.1 Å². The van der Waals surface area contributed by atoms with Crippen molar-refractivity contribution < 1.29 is 22.0 Å². The summed E-state index contributed by atoms with van der Waals surface area (Å²) in [7, 11) is -3.45. The van der Waals surface area contributed by atoms with Crippen molar-refractivity contribution in [1.82, 2.24) is 4.90 Å². The van der Waals surface area contributed by atoms with Gasteiger partial charge in [-0.3, -0.25) is 4.79 Å². The molecule has 1 saturated heterocycles. The van der Waals surface area contributed by atoms with Crippen molar-refractivity contribution in [1.29, 1.82) is 0 Å². The highest BCUT2D eigenvalue weighted by atomic mass is 32.2. The molecule has 27 heavy (non-hydrogen) atoms. The smallest absolute Gasteiger partial charge is 0.219 e. The van der Waals surface area contributed by atoms with E-state index in [-0.39, 0.29) is 22.5 Å². The maximum absolute atomic E-state index is 13.4. The standard InChI is InChI=1S/C20H21F2NO3S/c1-14(24)23-10-8-15(9-11-23)13-27(25,26)18-5-2-16(3-6-18)17-4-7-19(21)20(22)12-17/h2-7,12,15H,8-11,13H2,1H3. The maximum atomic E-state index is 13.4. The number of carbonyl (C=O) groups excluding carboxylic acids is 1. The van der Waals surface area contributed by atoms with Crippen molar-refractivity contribution in [3.63, 3.8) is 0 Å². The second-order valence-electron chi connectivity index (χ2n) is 6.88. The fourth-order valence-corrected chi connectivity index (χ4v) is 5.05. The molecule has 0 radical (unpaired) electrons. The van der Waals surface area contributed by atoms with Crippen LogP contribution in [0.4, 0.5) is 8.78 Å². The van der Waals surface area contributed by atoms with Crippen molar-refractivity contribution >= 4 is 15.7 Å². The number of rotatable bonds is 4. The lowest BCUT2D eigenvalue weighted by atomic mass is 9.99. The van der Waals surface area contributed by atoms with E-state index in [4.69, 9.17) is 0 Å². The lowest BCUT2D eigenvalue weighted by Gasteiger charge is -2.31. The zero-order valence-electron chi connectivity index (χ0n) is 15.0. The summed E-state index contributed by atoms with van der Waals surface area (Å²) in [6.07, 6.45) is 1.34. The highest BCUT2D eigenvalue weighted by molar-refractivity contribution is 7.91. The van der Waals surface area contributed by atoms with Gasteiger partial charge in [0.1, 0.15) is 0 Å². The molecule has 1 heterocycles. The normalized spacial score (nSPS) is 15.7. The Labute approximate surface area is 157 Å². The molecular formula is C20H21F2NO3S. The molecule has 0 spiro atoms. The van der Waals surface area contributed by atoms with Crippen LogP contribution in [0.5, 0.6) is 0 Å². The van der Waals surface area contributed by atoms with Crippen LogP contribution >= 0.6 is 0 Å². The lowest BCUT2D eigenvalue weighted by molar-refractivity contribution is -0.130. The number of halogens is 2. The van der Waals surface area contributed by atoms with Gasteiger partial charge in [-0.2, -0.15) is 0 Å². The number of hydrogen-bond acceptors (Lipinski definition) is 3. The zero-order valence-corrected chi connectivity index (χ0v) is 15.8. The number of nitrogens with zero attached hydrogens (tertiary/aromatic N) is 1. The molecule has 1 amide bonds. The second kappa shape index (κ2) is 7.76. The summed E-state index contributed by atoms with van der Waals surface area (Å²) in [4.78, 5) is 13.3. The van der Waals surface area contributed by atoms with Gasteiger partial charge in [0, 0.05) is 20.0 Å². The van der Waals surface area contributed by atoms with Crippen LogP contribution < -0.4 is 0 Å². The number of benzene rings is 2. The first-order valence-corrected chi connectivity index (χ1v) is 10.5. The molecule has 2 aromatic carbocycles. The molecule has 0 N–H and O–H groups in total. The van der Waals surface area contributed by atoms with Crippen molar-refractivity contribution in [3.8, 4) is 11.1 Å². The number of amides is 1. The van der Waals surface area contributed by atoms with Gasteiger partial charge in [0.15, 0.2) is 21.5 Å². The number of likely N-dealkylation sites (tertiary alicyclic amines) is 1. The Kier molecular flexibility index (Phi) is 5.60. The van der Waals surface area contributed by atoms with E-state index in [2.05, 4.69) is 0 Å². The Morgan fingerprint density at radius 3 is 2.15 bits per heavy atom. The van der Waals surface area contributed by atoms with Crippen LogP contribution in [0.3, 0.4) is 0 Å². The zero-order chi connectivity index (χ0) is 19.6. The SMILES string of the molecule is CC(=O)N1CCC(CS(=O)(=O)c2ccc(-c3ccc(F)c(F)c3)cc2)CC1. The van der Waals surface area contributed by atoms with E-state index in [1.165, 1.54) is 25.1 Å². The molecule has 2 aromatic rings. The molecule has 3 rings (SSSR count). The number of hydrogen-bond donors (Lipinski definition) is 0. The molecule has 0 aromatic heterocycles. The molecule has 0 atom stereocenters. The van der Waals surface area contributed by atoms with Crippen LogP contribution in [-0.4, -0.2) is 38.1 Å². The summed E-state index contributed by atoms with van der Waals surface area (Å²) >= 11 is 0. The van der Waals surface area contributed by atoms with Gasteiger partial charge in [0.05, 0.1) is 10.6 Å². The molecule has 0 aliphatic carbocycles. The monoisotopic (exact) mass is 393 g/mol. The minimum Gasteiger partial charge on any atom is -0.343 e. The third kappa shape index (κ3) is 4.53. The molecule has 1 aliphatic rings. The van der Waals surface area contributed by atoms with Gasteiger partial charge in [-0.1, -0.05) is 18.2 Å². The Morgan fingerprint density at radius 1 is 1.00 bits per heavy atom. The first-order valence-electron chi connectivity index (χ1n) is 8.80. The van der Waals surface area contributed by atoms with Crippen LogP contribution in [0.2, 0.25) is 0 Å². The summed E-state index contributed by atoms with van der Waals surface area (Å²) in [6.45, 7) is 2.70. The van der Waals surface area contributed by atoms with Crippen molar-refractivity contribution in [3.05, 3.63) is 54.1 Å². The molecule has 144 valence electrons. The van der Waals surface area contributed by atoms with E-state index < -0.39 is 21.5 Å². The third-order valence-corrected chi connectivity index (χ3v) is 6.88. The summed E-state index contributed by atoms with van der Waals surface area (Å²) in [5.74, 6) is -1.78. The summed E-state index contributed by atoms with van der Waals surface area (Å²) in [5.41, 5.74) is 1.09. The Balaban J connectivity index is 1.70. The minimum atomic E-state index is -3.45. The molecule has 1 fully saturated rings. The van der Waals surface area contributed by atoms with Gasteiger partial charge >= 0.3 is 0 Å². The summed E-state index contributed by atoms with van der Waals surface area (Å²) in [5, 5.41) is 0. The molecule has 1 aliphatic heterocycles. The highest BCUT2D eigenvalue weighted by Gasteiger charge is 2.26. The van der Waals surface area contributed by atoms with Gasteiger partial charge < -0.3 is 4.90 Å². The number of sulfone groups is 1. The summed E-state index contributed by atoms with van der Waals surface area (Å²) in [6, 6.07) is 9.76. The topological polar surface area (TPSA) is 54.5 Å². The second-order valence-corrected chi connectivity index (χ2v) is 8.92. The number of piperidine rings is 1. The van der Waals surface area contributed by atoms with E-state index in [1.807, 2.05) is 0 Å². The van der Waals surface area contributed by atoms with E-state index in [9.17, 15) is 22.0 Å². The molecule has 0 saturated carbocycles. The van der Waals surface area contributed by atoms with Gasteiger partial charge in [-0.25, -0.2) is 17.2 Å². The molecule has 4 nitrogen and oxygen atoms in total. The fourth-order valence-electron chi connectivity index (χ4n) is 3.35. The van der Waals surface area contributed by atoms with Crippen LogP contribution in [0.15, 0.2) is 47.4 Å². The third-order valence-electron chi connectivity index (χ3n) is 4.98. The molecule has 0 unspecified atom stereocenters. The van der Waals surface area contributed by atoms with E-state index in [1.54, 1.807) is 17.0 Å². The highest BCUT2D eigenvalue weighted by Crippen LogP contribution is 2.26. The minimum absolute atomic E-state index is 0.0177. The average molecular weight is 393 g/mol. The average Bonchev–Trinajstić information content (AvgIpc) is 2.64. The van der Waals surface area contributed by atoms with Crippen LogP contribution in [0.1, 0.15) is 19.8 Å². The van der Waals surface area contributed by atoms with Gasteiger partial charge in [-0.15, -0.1) is 0 Å². The first kappa shape index (κ1) is 19.5. The van der Waals surface area contributed by atoms with Crippen LogP contribution in [0, 0.1) is 17.6 Å². The van der Waals surface area contributed by atoms with E-state index in [0.29, 0.717) is 37.1 Å². The molecule has 0 bridgehead atoms. The Bertz CT molecular complexity index is 934. The molecule has 7 heteroatoms. The first-order chi connectivity index (χ1) is 12.8. The van der Waals surface area contributed by atoms with Crippen molar-refractivity contribution in [2.75, 3.05) is 18.8 Å². The number of carbonyl (C=O) groups is 1. The predicted octanol–water partition coefficient (Wildman–Crippen LogP) is 3.66. The quantitative estimate of drug-likeness (QED) is 0.797. The van der Waals surface area contributed by atoms with Gasteiger partial charge in [-0.05, 0) is 54.2 Å². The largest absolute Gasteiger partial charge is 0.343 e. The lowest BCUT2D eigenvalue weighted by Crippen LogP contribution is -2.38. The molecular weight excluding hydrogens is 372 g/mol. The van der Waals surface area contributed by atoms with Gasteiger partial charge in [0.25, 0.3) is 0 Å². The predicted molar refractivity (Wildman–Crippen MR) is 98.8 cm³/mol. The summed E-state index contributed by atoms with van der Waals surface area (Å²) < 4.78 is 51.8. The van der Waals surface area contributed by atoms with Crippen molar-refractivity contribution in [2.24, 2.45) is 5.92 Å². The Morgan fingerprint density at radius 2 is 1.59 bits per heavy atom. The van der Waals surface area contributed by atoms with Gasteiger partial charge in [0.2, 0.25) is 5.91 Å². The van der Waals surface area contributed by atoms with Crippen molar-refractivity contribution in [2.45, 2.75) is 24.7 Å². The van der Waals surface area contributed by atoms with Crippen LogP contribution in [-0.2, 0) is 14.6 Å². The fraction of sp³-hybridized carbons (Fsp3) is 0.350. The Hall–Kier alpha value is -2.28. The van der Waals surface area contributed by atoms with E-state index >= 15 is 0 Å². The van der Waals surface area contributed by atoms with E-state index in [0.717, 1.165) is 12.1 Å².